The topological polar surface area (TPSA) is 93.2 Å². The molecule has 0 N–H and O–H groups in total. The molecule has 0 bridgehead atoms. The van der Waals surface area contributed by atoms with Gasteiger partial charge in [0.2, 0.25) is 0 Å². The van der Waals surface area contributed by atoms with Gasteiger partial charge in [0, 0.05) is 29.9 Å². The van der Waals surface area contributed by atoms with Gasteiger partial charge in [-0.05, 0) is 72.3 Å². The quantitative estimate of drug-likeness (QED) is 0.282. The van der Waals surface area contributed by atoms with Crippen LogP contribution in [-0.4, -0.2) is 23.6 Å². The van der Waals surface area contributed by atoms with Gasteiger partial charge in [0.25, 0.3) is 23.6 Å². The molecule has 0 spiro atoms. The predicted octanol–water partition coefficient (Wildman–Crippen LogP) is 5.80. The standard InChI is InChI=1S/C32H20N2O6/c35-29-16-17-30(36)33(29)22-6-10-24(11-7-22)39-26-14-15-28(27(20-26)21-4-2-1-3-5-21)40-25-12-8-23(9-13-25)34-31(37)18-19-32(34)38/h1-20H. The highest BCUT2D eigenvalue weighted by Crippen LogP contribution is 2.38. The van der Waals surface area contributed by atoms with Crippen molar-refractivity contribution in [1.82, 2.24) is 0 Å². The average Bonchev–Trinajstić information content (AvgIpc) is 3.50. The van der Waals surface area contributed by atoms with Crippen molar-refractivity contribution in [3.05, 3.63) is 121 Å². The van der Waals surface area contributed by atoms with Crippen molar-refractivity contribution in [3.8, 4) is 34.1 Å². The summed E-state index contributed by atoms with van der Waals surface area (Å²) in [5.41, 5.74) is 2.61. The number of carbonyl (C=O) groups excluding carboxylic acids is 4. The van der Waals surface area contributed by atoms with Crippen LogP contribution in [0.25, 0.3) is 11.1 Å². The van der Waals surface area contributed by atoms with Crippen LogP contribution in [0.3, 0.4) is 0 Å². The second-order valence-electron chi connectivity index (χ2n) is 8.91. The molecule has 4 aromatic rings. The van der Waals surface area contributed by atoms with E-state index >= 15 is 0 Å². The zero-order valence-corrected chi connectivity index (χ0v) is 20.9. The first-order valence-electron chi connectivity index (χ1n) is 12.3. The number of imide groups is 2. The Labute approximate surface area is 229 Å². The lowest BCUT2D eigenvalue weighted by Gasteiger charge is -2.16. The molecule has 0 saturated heterocycles. The lowest BCUT2D eigenvalue weighted by Crippen LogP contribution is -2.29. The number of nitrogens with zero attached hydrogens (tertiary/aromatic N) is 2. The van der Waals surface area contributed by atoms with E-state index in [0.717, 1.165) is 20.9 Å². The van der Waals surface area contributed by atoms with E-state index in [0.29, 0.717) is 34.4 Å². The zero-order chi connectivity index (χ0) is 27.6. The molecule has 6 rings (SSSR count). The molecule has 2 heterocycles. The Bertz CT molecular complexity index is 1670. The molecule has 40 heavy (non-hydrogen) atoms. The van der Waals surface area contributed by atoms with E-state index in [4.69, 9.17) is 9.47 Å². The minimum absolute atomic E-state index is 0.383. The van der Waals surface area contributed by atoms with Crippen LogP contribution in [0.1, 0.15) is 0 Å². The molecule has 4 amide bonds. The van der Waals surface area contributed by atoms with Crippen molar-refractivity contribution >= 4 is 35.0 Å². The Morgan fingerprint density at radius 2 is 0.900 bits per heavy atom. The number of amides is 4. The number of benzene rings is 4. The van der Waals surface area contributed by atoms with E-state index in [1.165, 1.54) is 24.3 Å². The van der Waals surface area contributed by atoms with Crippen LogP contribution in [0.5, 0.6) is 23.0 Å². The summed E-state index contributed by atoms with van der Waals surface area (Å²) in [5.74, 6) is 0.656. The first-order valence-corrected chi connectivity index (χ1v) is 12.3. The highest BCUT2D eigenvalue weighted by Gasteiger charge is 2.26. The van der Waals surface area contributed by atoms with Gasteiger partial charge in [-0.1, -0.05) is 30.3 Å². The minimum atomic E-state index is -0.384. The third-order valence-corrected chi connectivity index (χ3v) is 6.31. The number of hydrogen-bond donors (Lipinski definition) is 0. The fourth-order valence-corrected chi connectivity index (χ4v) is 4.40. The highest BCUT2D eigenvalue weighted by molar-refractivity contribution is 6.28. The molecule has 194 valence electrons. The fourth-order valence-electron chi connectivity index (χ4n) is 4.40. The molecule has 2 aliphatic rings. The monoisotopic (exact) mass is 528 g/mol. The van der Waals surface area contributed by atoms with E-state index < -0.39 is 0 Å². The number of ether oxygens (including phenoxy) is 2. The first kappa shape index (κ1) is 24.6. The van der Waals surface area contributed by atoms with Crippen LogP contribution in [-0.2, 0) is 19.2 Å². The molecule has 0 unspecified atom stereocenters. The summed E-state index contributed by atoms with van der Waals surface area (Å²) < 4.78 is 12.3. The number of carbonyl (C=O) groups is 4. The normalized spacial score (nSPS) is 14.4. The minimum Gasteiger partial charge on any atom is -0.457 e. The van der Waals surface area contributed by atoms with Gasteiger partial charge >= 0.3 is 0 Å². The van der Waals surface area contributed by atoms with Crippen LogP contribution < -0.4 is 19.3 Å². The summed E-state index contributed by atoms with van der Waals surface area (Å²) >= 11 is 0. The third-order valence-electron chi connectivity index (χ3n) is 6.31. The smallest absolute Gasteiger partial charge is 0.258 e. The van der Waals surface area contributed by atoms with Crippen LogP contribution in [0.15, 0.2) is 121 Å². The molecular weight excluding hydrogens is 508 g/mol. The summed E-state index contributed by atoms with van der Waals surface area (Å²) in [5, 5.41) is 0. The number of hydrogen-bond acceptors (Lipinski definition) is 6. The molecular formula is C32H20N2O6. The second-order valence-corrected chi connectivity index (χ2v) is 8.91. The van der Waals surface area contributed by atoms with Crippen LogP contribution in [0.4, 0.5) is 11.4 Å². The first-order chi connectivity index (χ1) is 19.5. The van der Waals surface area contributed by atoms with Gasteiger partial charge in [-0.25, -0.2) is 9.80 Å². The molecule has 8 nitrogen and oxygen atoms in total. The van der Waals surface area contributed by atoms with E-state index in [1.54, 1.807) is 60.7 Å². The van der Waals surface area contributed by atoms with Crippen molar-refractivity contribution in [2.24, 2.45) is 0 Å². The summed E-state index contributed by atoms with van der Waals surface area (Å²) in [6.45, 7) is 0. The van der Waals surface area contributed by atoms with E-state index in [9.17, 15) is 19.2 Å². The maximum atomic E-state index is 12.0. The lowest BCUT2D eigenvalue weighted by atomic mass is 10.0. The Hall–Kier alpha value is -5.76. The molecule has 0 radical (unpaired) electrons. The number of anilines is 2. The summed E-state index contributed by atoms with van der Waals surface area (Å²) in [4.78, 5) is 50.0. The second kappa shape index (κ2) is 10.2. The lowest BCUT2D eigenvalue weighted by molar-refractivity contribution is -0.121. The van der Waals surface area contributed by atoms with Gasteiger partial charge in [0.05, 0.1) is 11.4 Å². The van der Waals surface area contributed by atoms with Gasteiger partial charge in [0.1, 0.15) is 23.0 Å². The highest BCUT2D eigenvalue weighted by atomic mass is 16.5. The average molecular weight is 529 g/mol. The maximum Gasteiger partial charge on any atom is 0.258 e. The van der Waals surface area contributed by atoms with Gasteiger partial charge in [-0.15, -0.1) is 0 Å². The van der Waals surface area contributed by atoms with E-state index in [-0.39, 0.29) is 23.6 Å². The van der Waals surface area contributed by atoms with Crippen molar-refractivity contribution in [3.63, 3.8) is 0 Å². The third kappa shape index (κ3) is 4.77. The van der Waals surface area contributed by atoms with Crippen molar-refractivity contribution in [2.45, 2.75) is 0 Å². The summed E-state index contributed by atoms with van der Waals surface area (Å²) in [7, 11) is 0. The number of rotatable bonds is 7. The van der Waals surface area contributed by atoms with Crippen LogP contribution in [0, 0.1) is 0 Å². The summed E-state index contributed by atoms with van der Waals surface area (Å²) in [6.07, 6.45) is 4.96. The largest absolute Gasteiger partial charge is 0.457 e. The molecule has 4 aromatic carbocycles. The predicted molar refractivity (Wildman–Crippen MR) is 148 cm³/mol. The molecule has 8 heteroatoms. The fraction of sp³-hybridized carbons (Fsp3) is 0. The van der Waals surface area contributed by atoms with Gasteiger partial charge in [0.15, 0.2) is 0 Å². The van der Waals surface area contributed by atoms with Gasteiger partial charge in [-0.3, -0.25) is 19.2 Å². The molecule has 0 aliphatic carbocycles. The maximum absolute atomic E-state index is 12.0. The molecule has 2 aliphatic heterocycles. The van der Waals surface area contributed by atoms with Gasteiger partial charge < -0.3 is 9.47 Å². The summed E-state index contributed by atoms with van der Waals surface area (Å²) in [6, 6.07) is 28.5. The Morgan fingerprint density at radius 1 is 0.450 bits per heavy atom. The van der Waals surface area contributed by atoms with Crippen molar-refractivity contribution in [2.75, 3.05) is 9.80 Å². The van der Waals surface area contributed by atoms with Crippen LogP contribution >= 0.6 is 0 Å². The molecule has 0 saturated carbocycles. The Balaban J connectivity index is 1.24. The van der Waals surface area contributed by atoms with Gasteiger partial charge in [-0.2, -0.15) is 0 Å². The SMILES string of the molecule is O=C1C=CC(=O)N1c1ccc(Oc2ccc(Oc3ccc(N4C(=O)C=CC4=O)cc3)c(-c3ccccc3)c2)cc1. The van der Waals surface area contributed by atoms with Crippen molar-refractivity contribution in [1.29, 1.82) is 0 Å². The van der Waals surface area contributed by atoms with Crippen LogP contribution in [0.2, 0.25) is 0 Å². The Morgan fingerprint density at radius 3 is 1.40 bits per heavy atom. The van der Waals surface area contributed by atoms with E-state index in [1.807, 2.05) is 36.4 Å². The molecule has 0 atom stereocenters. The van der Waals surface area contributed by atoms with Crippen molar-refractivity contribution < 1.29 is 28.7 Å². The molecule has 0 aromatic heterocycles. The molecule has 0 fully saturated rings. The zero-order valence-electron chi connectivity index (χ0n) is 20.9. The van der Waals surface area contributed by atoms with E-state index in [2.05, 4.69) is 0 Å². The Kier molecular flexibility index (Phi) is 6.26.